The van der Waals surface area contributed by atoms with Crippen molar-refractivity contribution in [2.24, 2.45) is 5.73 Å². The van der Waals surface area contributed by atoms with Gasteiger partial charge in [-0.3, -0.25) is 4.79 Å². The second kappa shape index (κ2) is 10.3. The normalized spacial score (nSPS) is 6.33. The van der Waals surface area contributed by atoms with E-state index >= 15 is 0 Å². The highest BCUT2D eigenvalue weighted by atomic mass is 35.5. The lowest BCUT2D eigenvalue weighted by Gasteiger charge is -1.79. The summed E-state index contributed by atoms with van der Waals surface area (Å²) in [6, 6.07) is 1.75. The van der Waals surface area contributed by atoms with E-state index < -0.39 is 0 Å². The lowest BCUT2D eigenvalue weighted by molar-refractivity contribution is -0.117. The number of alkyl halides is 1. The average Bonchev–Trinajstić information content (AvgIpc) is 1.67. The molecule has 0 heterocycles. The number of hydrogen-bond acceptors (Lipinski definition) is 2. The number of carbonyl (C=O) groups is 1. The van der Waals surface area contributed by atoms with E-state index in [0.29, 0.717) is 5.88 Å². The van der Waals surface area contributed by atoms with Crippen LogP contribution in [-0.2, 0) is 4.79 Å². The van der Waals surface area contributed by atoms with Gasteiger partial charge in [0.25, 0.3) is 0 Å². The van der Waals surface area contributed by atoms with Crippen molar-refractivity contribution in [3.8, 4) is 6.07 Å². The Hall–Kier alpha value is -0.750. The van der Waals surface area contributed by atoms with Crippen molar-refractivity contribution in [1.29, 1.82) is 5.26 Å². The zero-order chi connectivity index (χ0) is 7.70. The van der Waals surface area contributed by atoms with Gasteiger partial charge in [0.2, 0.25) is 5.91 Å². The monoisotopic (exact) mass is 148 g/mol. The van der Waals surface area contributed by atoms with Gasteiger partial charge in [0.05, 0.1) is 6.07 Å². The zero-order valence-electron chi connectivity index (χ0n) is 5.22. The molecule has 0 bridgehead atoms. The molecule has 1 amide bonds. The Balaban J connectivity index is 0. The molecule has 0 aliphatic carbocycles. The maximum Gasteiger partial charge on any atom is 0.218 e. The van der Waals surface area contributed by atoms with E-state index in [1.165, 1.54) is 6.92 Å². The first-order valence-electron chi connectivity index (χ1n) is 2.34. The van der Waals surface area contributed by atoms with Crippen LogP contribution in [0, 0.1) is 11.3 Å². The Kier molecular flexibility index (Phi) is 12.7. The summed E-state index contributed by atoms with van der Waals surface area (Å²) in [4.78, 5) is 9.74. The van der Waals surface area contributed by atoms with Crippen LogP contribution in [0.1, 0.15) is 13.3 Å². The van der Waals surface area contributed by atoms with Gasteiger partial charge in [0, 0.05) is 19.2 Å². The third-order valence-corrected chi connectivity index (χ3v) is 0.530. The molecule has 0 spiro atoms. The molecule has 0 aromatic rings. The fourth-order valence-corrected chi connectivity index (χ4v) is 0.279. The molecule has 0 aliphatic heterocycles. The SMILES string of the molecule is CC#N.NC(=O)CCCl. The Morgan fingerprint density at radius 3 is 2.22 bits per heavy atom. The molecule has 0 aromatic heterocycles. The molecule has 0 saturated carbocycles. The molecule has 3 nitrogen and oxygen atoms in total. The highest BCUT2D eigenvalue weighted by Crippen LogP contribution is 1.78. The third kappa shape index (κ3) is 39.5. The minimum absolute atomic E-state index is 0.279. The van der Waals surface area contributed by atoms with Gasteiger partial charge in [-0.2, -0.15) is 5.26 Å². The molecule has 0 aliphatic rings. The van der Waals surface area contributed by atoms with E-state index in [4.69, 9.17) is 16.9 Å². The van der Waals surface area contributed by atoms with Crippen LogP contribution in [0.2, 0.25) is 0 Å². The number of amides is 1. The summed E-state index contributed by atoms with van der Waals surface area (Å²) >= 11 is 5.10. The molecule has 0 atom stereocenters. The maximum atomic E-state index is 9.74. The van der Waals surface area contributed by atoms with E-state index in [0.717, 1.165) is 0 Å². The summed E-state index contributed by atoms with van der Waals surface area (Å²) in [5.41, 5.74) is 4.68. The number of hydrogen-bond donors (Lipinski definition) is 1. The first-order chi connectivity index (χ1) is 4.18. The summed E-state index contributed by atoms with van der Waals surface area (Å²) in [5.74, 6) is -0.0139. The minimum atomic E-state index is -0.343. The third-order valence-electron chi connectivity index (χ3n) is 0.341. The van der Waals surface area contributed by atoms with Gasteiger partial charge in [-0.25, -0.2) is 0 Å². The van der Waals surface area contributed by atoms with Gasteiger partial charge in [-0.1, -0.05) is 0 Å². The summed E-state index contributed by atoms with van der Waals surface area (Å²) in [6.45, 7) is 1.43. The number of halogens is 1. The molecule has 0 saturated heterocycles. The smallest absolute Gasteiger partial charge is 0.218 e. The molecule has 0 aromatic carbocycles. The molecule has 0 rings (SSSR count). The number of carbonyl (C=O) groups excluding carboxylic acids is 1. The topological polar surface area (TPSA) is 66.9 Å². The van der Waals surface area contributed by atoms with Crippen LogP contribution >= 0.6 is 11.6 Å². The second-order valence-electron chi connectivity index (χ2n) is 1.13. The van der Waals surface area contributed by atoms with E-state index in [9.17, 15) is 4.79 Å². The van der Waals surface area contributed by atoms with Crippen molar-refractivity contribution in [1.82, 2.24) is 0 Å². The first kappa shape index (κ1) is 11.1. The lowest BCUT2D eigenvalue weighted by Crippen LogP contribution is -2.09. The number of primary amides is 1. The standard InChI is InChI=1S/C3H6ClNO.C2H3N/c4-2-1-3(5)6;1-2-3/h1-2H2,(H2,5,6);1H3. The summed E-state index contributed by atoms with van der Waals surface area (Å²) in [5, 5.41) is 7.32. The van der Waals surface area contributed by atoms with Crippen LogP contribution < -0.4 is 5.73 Å². The number of nitrogens with zero attached hydrogens (tertiary/aromatic N) is 1. The largest absolute Gasteiger partial charge is 0.370 e. The molecular formula is C5H9ClN2O. The number of rotatable bonds is 2. The van der Waals surface area contributed by atoms with Crippen molar-refractivity contribution >= 4 is 17.5 Å². The molecule has 4 heteroatoms. The van der Waals surface area contributed by atoms with E-state index in [-0.39, 0.29) is 12.3 Å². The first-order valence-corrected chi connectivity index (χ1v) is 2.87. The minimum Gasteiger partial charge on any atom is -0.370 e. The molecule has 0 radical (unpaired) electrons. The highest BCUT2D eigenvalue weighted by Gasteiger charge is 1.85. The Morgan fingerprint density at radius 2 is 2.22 bits per heavy atom. The van der Waals surface area contributed by atoms with Gasteiger partial charge in [-0.05, 0) is 0 Å². The molecule has 0 unspecified atom stereocenters. The second-order valence-corrected chi connectivity index (χ2v) is 1.51. The summed E-state index contributed by atoms with van der Waals surface area (Å²) in [6.07, 6.45) is 0.279. The van der Waals surface area contributed by atoms with Crippen LogP contribution in [0.25, 0.3) is 0 Å². The molecule has 52 valence electrons. The van der Waals surface area contributed by atoms with Gasteiger partial charge >= 0.3 is 0 Å². The number of nitrogens with two attached hydrogens (primary N) is 1. The fraction of sp³-hybridized carbons (Fsp3) is 0.600. The van der Waals surface area contributed by atoms with Crippen LogP contribution in [0.15, 0.2) is 0 Å². The van der Waals surface area contributed by atoms with Gasteiger partial charge in [0.1, 0.15) is 0 Å². The fourth-order valence-electron chi connectivity index (χ4n) is 0.0931. The predicted molar refractivity (Wildman–Crippen MR) is 35.8 cm³/mol. The summed E-state index contributed by atoms with van der Waals surface area (Å²) < 4.78 is 0. The van der Waals surface area contributed by atoms with Crippen molar-refractivity contribution in [3.05, 3.63) is 0 Å². The Bertz CT molecular complexity index is 108. The zero-order valence-corrected chi connectivity index (χ0v) is 5.98. The maximum absolute atomic E-state index is 9.74. The van der Waals surface area contributed by atoms with Crippen LogP contribution in [-0.4, -0.2) is 11.8 Å². The van der Waals surface area contributed by atoms with Gasteiger partial charge in [0.15, 0.2) is 0 Å². The Morgan fingerprint density at radius 1 is 1.89 bits per heavy atom. The van der Waals surface area contributed by atoms with Crippen molar-refractivity contribution in [2.45, 2.75) is 13.3 Å². The van der Waals surface area contributed by atoms with E-state index in [1.54, 1.807) is 6.07 Å². The average molecular weight is 149 g/mol. The van der Waals surface area contributed by atoms with Gasteiger partial charge < -0.3 is 5.73 Å². The predicted octanol–water partition coefficient (Wildman–Crippen LogP) is 0.630. The van der Waals surface area contributed by atoms with Crippen molar-refractivity contribution < 1.29 is 4.79 Å². The van der Waals surface area contributed by atoms with Crippen LogP contribution in [0.3, 0.4) is 0 Å². The van der Waals surface area contributed by atoms with Gasteiger partial charge in [-0.15, -0.1) is 11.6 Å². The quantitative estimate of drug-likeness (QED) is 0.584. The summed E-state index contributed by atoms with van der Waals surface area (Å²) in [7, 11) is 0. The molecular weight excluding hydrogens is 140 g/mol. The lowest BCUT2D eigenvalue weighted by atomic mass is 10.5. The van der Waals surface area contributed by atoms with E-state index in [1.807, 2.05) is 0 Å². The molecule has 0 fully saturated rings. The molecule has 2 N–H and O–H groups in total. The van der Waals surface area contributed by atoms with E-state index in [2.05, 4.69) is 5.73 Å². The molecule has 9 heavy (non-hydrogen) atoms. The van der Waals surface area contributed by atoms with Crippen molar-refractivity contribution in [2.75, 3.05) is 5.88 Å². The van der Waals surface area contributed by atoms with Crippen molar-refractivity contribution in [3.63, 3.8) is 0 Å². The van der Waals surface area contributed by atoms with Crippen LogP contribution in [0.5, 0.6) is 0 Å². The Labute approximate surface area is 59.4 Å². The van der Waals surface area contributed by atoms with Crippen LogP contribution in [0.4, 0.5) is 0 Å². The highest BCUT2D eigenvalue weighted by molar-refractivity contribution is 6.18. The number of nitriles is 1.